The van der Waals surface area contributed by atoms with Crippen LogP contribution in [0.4, 0.5) is 0 Å². The summed E-state index contributed by atoms with van der Waals surface area (Å²) in [5.74, 6) is 0.598. The van der Waals surface area contributed by atoms with Crippen molar-refractivity contribution in [2.75, 3.05) is 19.7 Å². The van der Waals surface area contributed by atoms with E-state index in [1.807, 2.05) is 37.3 Å². The molecular weight excluding hydrogens is 226 g/mol. The standard InChI is InChI=1S/C15H25NO2/c1-12(2)9-16-10-15(17)11-18-13(3)14-7-5-4-6-8-14/h4-8,12-13,15-17H,9-11H2,1-3H3/t13-,15+/m0/s1. The molecule has 1 rings (SSSR count). The third-order valence-corrected chi connectivity index (χ3v) is 2.74. The van der Waals surface area contributed by atoms with Gasteiger partial charge in [-0.15, -0.1) is 0 Å². The highest BCUT2D eigenvalue weighted by Gasteiger charge is 2.09. The Bertz CT molecular complexity index is 314. The molecule has 0 radical (unpaired) electrons. The van der Waals surface area contributed by atoms with Crippen LogP contribution >= 0.6 is 0 Å². The lowest BCUT2D eigenvalue weighted by molar-refractivity contribution is -0.00215. The van der Waals surface area contributed by atoms with Crippen LogP contribution in [0.1, 0.15) is 32.4 Å². The van der Waals surface area contributed by atoms with E-state index >= 15 is 0 Å². The number of nitrogens with one attached hydrogen (secondary N) is 1. The second kappa shape index (κ2) is 8.25. The molecule has 1 aromatic rings. The van der Waals surface area contributed by atoms with Crippen molar-refractivity contribution in [3.63, 3.8) is 0 Å². The van der Waals surface area contributed by atoms with E-state index in [-0.39, 0.29) is 6.10 Å². The fourth-order valence-corrected chi connectivity index (χ4v) is 1.67. The monoisotopic (exact) mass is 251 g/mol. The van der Waals surface area contributed by atoms with E-state index < -0.39 is 6.10 Å². The summed E-state index contributed by atoms with van der Waals surface area (Å²) in [6, 6.07) is 10.1. The number of benzene rings is 1. The number of aliphatic hydroxyl groups excluding tert-OH is 1. The van der Waals surface area contributed by atoms with Crippen LogP contribution < -0.4 is 5.32 Å². The minimum atomic E-state index is -0.449. The molecule has 0 aliphatic carbocycles. The highest BCUT2D eigenvalue weighted by atomic mass is 16.5. The van der Waals surface area contributed by atoms with Crippen LogP contribution in [0.2, 0.25) is 0 Å². The maximum Gasteiger partial charge on any atom is 0.0897 e. The summed E-state index contributed by atoms with van der Waals surface area (Å²) in [5, 5.41) is 13.0. The van der Waals surface area contributed by atoms with Gasteiger partial charge in [0.05, 0.1) is 18.8 Å². The van der Waals surface area contributed by atoms with Crippen molar-refractivity contribution in [2.45, 2.75) is 33.0 Å². The largest absolute Gasteiger partial charge is 0.389 e. The van der Waals surface area contributed by atoms with Gasteiger partial charge in [-0.2, -0.15) is 0 Å². The van der Waals surface area contributed by atoms with Crippen molar-refractivity contribution in [1.82, 2.24) is 5.32 Å². The molecule has 2 atom stereocenters. The predicted molar refractivity (Wildman–Crippen MR) is 74.5 cm³/mol. The third-order valence-electron chi connectivity index (χ3n) is 2.74. The molecule has 0 fully saturated rings. The first-order valence-electron chi connectivity index (χ1n) is 6.65. The van der Waals surface area contributed by atoms with E-state index in [1.165, 1.54) is 0 Å². The molecule has 0 aromatic heterocycles. The molecule has 0 bridgehead atoms. The zero-order valence-electron chi connectivity index (χ0n) is 11.6. The van der Waals surface area contributed by atoms with Crippen molar-refractivity contribution in [3.05, 3.63) is 35.9 Å². The van der Waals surface area contributed by atoms with Crippen molar-refractivity contribution in [2.24, 2.45) is 5.92 Å². The van der Waals surface area contributed by atoms with Crippen LogP contribution in [0.3, 0.4) is 0 Å². The smallest absolute Gasteiger partial charge is 0.0897 e. The Kier molecular flexibility index (Phi) is 6.94. The molecule has 0 saturated carbocycles. The Balaban J connectivity index is 2.20. The van der Waals surface area contributed by atoms with E-state index in [0.29, 0.717) is 19.1 Å². The van der Waals surface area contributed by atoms with Gasteiger partial charge in [0.2, 0.25) is 0 Å². The second-order valence-corrected chi connectivity index (χ2v) is 5.09. The zero-order chi connectivity index (χ0) is 13.4. The van der Waals surface area contributed by atoms with Gasteiger partial charge >= 0.3 is 0 Å². The minimum absolute atomic E-state index is 0.0194. The lowest BCUT2D eigenvalue weighted by atomic mass is 10.1. The van der Waals surface area contributed by atoms with Crippen molar-refractivity contribution < 1.29 is 9.84 Å². The Morgan fingerprint density at radius 2 is 1.78 bits per heavy atom. The number of hydrogen-bond donors (Lipinski definition) is 2. The van der Waals surface area contributed by atoms with Crippen LogP contribution in [0.5, 0.6) is 0 Å². The summed E-state index contributed by atoms with van der Waals surface area (Å²) >= 11 is 0. The molecule has 2 N–H and O–H groups in total. The fourth-order valence-electron chi connectivity index (χ4n) is 1.67. The molecule has 0 amide bonds. The first-order valence-corrected chi connectivity index (χ1v) is 6.65. The number of hydrogen-bond acceptors (Lipinski definition) is 3. The summed E-state index contributed by atoms with van der Waals surface area (Å²) in [6.07, 6.45) is -0.430. The number of rotatable bonds is 8. The average molecular weight is 251 g/mol. The quantitative estimate of drug-likeness (QED) is 0.745. The molecule has 0 unspecified atom stereocenters. The van der Waals surface area contributed by atoms with E-state index in [1.54, 1.807) is 0 Å². The molecule has 18 heavy (non-hydrogen) atoms. The summed E-state index contributed by atoms with van der Waals surface area (Å²) in [4.78, 5) is 0. The van der Waals surface area contributed by atoms with Crippen molar-refractivity contribution >= 4 is 0 Å². The number of aliphatic hydroxyl groups is 1. The van der Waals surface area contributed by atoms with Gasteiger partial charge in [0.25, 0.3) is 0 Å². The Morgan fingerprint density at radius 3 is 2.39 bits per heavy atom. The van der Waals surface area contributed by atoms with E-state index in [2.05, 4.69) is 19.2 Å². The molecule has 0 aliphatic heterocycles. The van der Waals surface area contributed by atoms with Crippen LogP contribution in [-0.2, 0) is 4.74 Å². The van der Waals surface area contributed by atoms with Gasteiger partial charge in [-0.3, -0.25) is 0 Å². The molecule has 0 aliphatic rings. The summed E-state index contributed by atoms with van der Waals surface area (Å²) in [5.41, 5.74) is 1.14. The highest BCUT2D eigenvalue weighted by molar-refractivity contribution is 5.16. The van der Waals surface area contributed by atoms with Crippen molar-refractivity contribution in [3.8, 4) is 0 Å². The van der Waals surface area contributed by atoms with Crippen molar-refractivity contribution in [1.29, 1.82) is 0 Å². The topological polar surface area (TPSA) is 41.5 Å². The van der Waals surface area contributed by atoms with Gasteiger partial charge in [-0.25, -0.2) is 0 Å². The average Bonchev–Trinajstić information content (AvgIpc) is 2.36. The van der Waals surface area contributed by atoms with E-state index in [4.69, 9.17) is 4.74 Å². The van der Waals surface area contributed by atoms with Crippen LogP contribution in [0.25, 0.3) is 0 Å². The van der Waals surface area contributed by atoms with E-state index in [9.17, 15) is 5.11 Å². The predicted octanol–water partition coefficient (Wildman–Crippen LogP) is 2.37. The Hall–Kier alpha value is -0.900. The fraction of sp³-hybridized carbons (Fsp3) is 0.600. The summed E-state index contributed by atoms with van der Waals surface area (Å²) in [6.45, 7) is 8.16. The molecule has 102 valence electrons. The molecule has 0 spiro atoms. The lowest BCUT2D eigenvalue weighted by Crippen LogP contribution is -2.32. The van der Waals surface area contributed by atoms with Gasteiger partial charge in [-0.1, -0.05) is 44.2 Å². The summed E-state index contributed by atoms with van der Waals surface area (Å²) in [7, 11) is 0. The second-order valence-electron chi connectivity index (χ2n) is 5.09. The molecule has 3 nitrogen and oxygen atoms in total. The molecular formula is C15H25NO2. The molecule has 3 heteroatoms. The normalized spacial score (nSPS) is 14.7. The Morgan fingerprint density at radius 1 is 1.11 bits per heavy atom. The number of ether oxygens (including phenoxy) is 1. The lowest BCUT2D eigenvalue weighted by Gasteiger charge is -2.17. The van der Waals surface area contributed by atoms with Gasteiger partial charge in [-0.05, 0) is 24.9 Å². The van der Waals surface area contributed by atoms with Crippen LogP contribution in [0.15, 0.2) is 30.3 Å². The SMILES string of the molecule is CC(C)CNC[C@@H](O)CO[C@@H](C)c1ccccc1. The minimum Gasteiger partial charge on any atom is -0.389 e. The van der Waals surface area contributed by atoms with Gasteiger partial charge in [0.15, 0.2) is 0 Å². The first-order chi connectivity index (χ1) is 8.59. The maximum absolute atomic E-state index is 9.77. The maximum atomic E-state index is 9.77. The zero-order valence-corrected chi connectivity index (χ0v) is 11.6. The molecule has 0 heterocycles. The molecule has 0 saturated heterocycles. The molecule has 1 aromatic carbocycles. The first kappa shape index (κ1) is 15.2. The third kappa shape index (κ3) is 6.15. The Labute approximate surface area is 110 Å². The van der Waals surface area contributed by atoms with E-state index in [0.717, 1.165) is 12.1 Å². The summed E-state index contributed by atoms with van der Waals surface area (Å²) < 4.78 is 5.66. The highest BCUT2D eigenvalue weighted by Crippen LogP contribution is 2.15. The van der Waals surface area contributed by atoms with Gasteiger partial charge in [0, 0.05) is 6.54 Å². The van der Waals surface area contributed by atoms with Gasteiger partial charge < -0.3 is 15.2 Å². The van der Waals surface area contributed by atoms with Gasteiger partial charge in [0.1, 0.15) is 0 Å². The van der Waals surface area contributed by atoms with Crippen LogP contribution in [-0.4, -0.2) is 30.9 Å². The van der Waals surface area contributed by atoms with Crippen LogP contribution in [0, 0.1) is 5.92 Å².